The summed E-state index contributed by atoms with van der Waals surface area (Å²) in [6, 6.07) is 18.1. The largest absolute Gasteiger partial charge is 0.369 e. The zero-order valence-electron chi connectivity index (χ0n) is 32.1. The Balaban J connectivity index is 0.798. The summed E-state index contributed by atoms with van der Waals surface area (Å²) in [5.74, 6) is 1.22. The van der Waals surface area contributed by atoms with Crippen LogP contribution in [0.5, 0.6) is 0 Å². The summed E-state index contributed by atoms with van der Waals surface area (Å²) in [7, 11) is 1.88. The first-order valence-corrected chi connectivity index (χ1v) is 19.6. The van der Waals surface area contributed by atoms with E-state index in [9.17, 15) is 14.4 Å². The number of hydrogen-bond acceptors (Lipinski definition) is 10. The van der Waals surface area contributed by atoms with Gasteiger partial charge in [0.05, 0.1) is 11.9 Å². The first kappa shape index (κ1) is 35.7. The summed E-state index contributed by atoms with van der Waals surface area (Å²) in [5.41, 5.74) is 10.0. The predicted octanol–water partition coefficient (Wildman–Crippen LogP) is 4.41. The van der Waals surface area contributed by atoms with Crippen molar-refractivity contribution < 1.29 is 14.4 Å². The minimum absolute atomic E-state index is 0.0547. The van der Waals surface area contributed by atoms with E-state index in [1.54, 1.807) is 15.8 Å². The molecule has 2 fully saturated rings. The highest BCUT2D eigenvalue weighted by Crippen LogP contribution is 2.32. The Morgan fingerprint density at radius 3 is 2.54 bits per heavy atom. The predicted molar refractivity (Wildman–Crippen MR) is 215 cm³/mol. The zero-order chi connectivity index (χ0) is 38.5. The van der Waals surface area contributed by atoms with Crippen molar-refractivity contribution in [3.63, 3.8) is 0 Å². The molecule has 14 nitrogen and oxygen atoms in total. The second-order valence-corrected chi connectivity index (χ2v) is 15.5. The Kier molecular flexibility index (Phi) is 9.28. The van der Waals surface area contributed by atoms with Gasteiger partial charge < -0.3 is 30.7 Å². The van der Waals surface area contributed by atoms with Crippen LogP contribution in [0.1, 0.15) is 51.0 Å². The van der Waals surface area contributed by atoms with Crippen molar-refractivity contribution in [3.05, 3.63) is 94.2 Å². The number of amides is 3. The van der Waals surface area contributed by atoms with E-state index >= 15 is 0 Å². The van der Waals surface area contributed by atoms with Crippen molar-refractivity contribution in [3.8, 4) is 0 Å². The lowest BCUT2D eigenvalue weighted by atomic mass is 9.99. The smallest absolute Gasteiger partial charge is 0.255 e. The minimum Gasteiger partial charge on any atom is -0.369 e. The maximum atomic E-state index is 13.6. The topological polar surface area (TPSA) is 144 Å². The highest BCUT2D eigenvalue weighted by atomic mass is 16.2. The number of carbonyl (C=O) groups is 3. The van der Waals surface area contributed by atoms with Gasteiger partial charge in [0.15, 0.2) is 11.5 Å². The van der Waals surface area contributed by atoms with Gasteiger partial charge in [-0.25, -0.2) is 9.67 Å². The van der Waals surface area contributed by atoms with Crippen molar-refractivity contribution in [2.75, 3.05) is 61.3 Å². The maximum absolute atomic E-state index is 13.6. The lowest BCUT2D eigenvalue weighted by Gasteiger charge is -2.37. The molecule has 0 spiro atoms. The van der Waals surface area contributed by atoms with Gasteiger partial charge in [0.25, 0.3) is 5.91 Å². The third kappa shape index (κ3) is 6.78. The van der Waals surface area contributed by atoms with E-state index in [0.717, 1.165) is 83.7 Å². The Bertz CT molecular complexity index is 2350. The van der Waals surface area contributed by atoms with Crippen LogP contribution >= 0.6 is 0 Å². The van der Waals surface area contributed by atoms with E-state index in [1.165, 1.54) is 5.56 Å². The molecule has 0 radical (unpaired) electrons. The van der Waals surface area contributed by atoms with Gasteiger partial charge >= 0.3 is 0 Å². The number of hydrogen-bond donors (Lipinski definition) is 3. The Hall–Kier alpha value is -6.02. The van der Waals surface area contributed by atoms with E-state index in [2.05, 4.69) is 74.9 Å². The number of anilines is 5. The zero-order valence-corrected chi connectivity index (χ0v) is 32.1. The van der Waals surface area contributed by atoms with Crippen molar-refractivity contribution in [1.29, 1.82) is 0 Å². The molecule has 5 aromatic rings. The van der Waals surface area contributed by atoms with Crippen LogP contribution in [0.4, 0.5) is 28.8 Å². The van der Waals surface area contributed by atoms with Gasteiger partial charge in [0, 0.05) is 88.2 Å². The monoisotopic (exact) mass is 753 g/mol. The fourth-order valence-corrected chi connectivity index (χ4v) is 8.58. The quantitative estimate of drug-likeness (QED) is 0.209. The lowest BCUT2D eigenvalue weighted by molar-refractivity contribution is -0.133. The molecule has 4 aliphatic rings. The van der Waals surface area contributed by atoms with Crippen LogP contribution in [-0.4, -0.2) is 104 Å². The number of piperidine rings is 1. The molecule has 0 aliphatic carbocycles. The summed E-state index contributed by atoms with van der Waals surface area (Å²) in [4.78, 5) is 56.9. The van der Waals surface area contributed by atoms with E-state index in [4.69, 9.17) is 10.1 Å². The highest BCUT2D eigenvalue weighted by molar-refractivity contribution is 6.01. The van der Waals surface area contributed by atoms with Gasteiger partial charge in [0.2, 0.25) is 17.8 Å². The van der Waals surface area contributed by atoms with Gasteiger partial charge in [-0.1, -0.05) is 24.3 Å². The molecule has 3 aromatic carbocycles. The Morgan fingerprint density at radius 2 is 1.73 bits per heavy atom. The van der Waals surface area contributed by atoms with Crippen LogP contribution in [0.3, 0.4) is 0 Å². The normalized spacial score (nSPS) is 18.6. The number of rotatable bonds is 8. The van der Waals surface area contributed by atoms with Crippen LogP contribution in [0.2, 0.25) is 0 Å². The lowest BCUT2D eigenvalue weighted by Crippen LogP contribution is -2.50. The maximum Gasteiger partial charge on any atom is 0.255 e. The van der Waals surface area contributed by atoms with Crippen LogP contribution in [-0.2, 0) is 36.1 Å². The number of aryl methyl sites for hydroxylation is 3. The number of fused-ring (bicyclic) bond motifs is 3. The van der Waals surface area contributed by atoms with Crippen LogP contribution < -0.4 is 20.9 Å². The van der Waals surface area contributed by atoms with Crippen LogP contribution in [0.15, 0.2) is 60.8 Å². The van der Waals surface area contributed by atoms with E-state index in [1.807, 2.05) is 36.2 Å². The van der Waals surface area contributed by atoms with Crippen molar-refractivity contribution in [1.82, 2.24) is 39.8 Å². The summed E-state index contributed by atoms with van der Waals surface area (Å²) < 4.78 is 1.76. The fraction of sp³-hybridized carbons (Fsp3) is 0.381. The first-order chi connectivity index (χ1) is 27.2. The molecule has 2 aromatic heterocycles. The molecule has 3 amide bonds. The van der Waals surface area contributed by atoms with Crippen molar-refractivity contribution in [2.24, 2.45) is 7.05 Å². The van der Waals surface area contributed by atoms with E-state index < -0.39 is 6.04 Å². The number of para-hydroxylation sites is 1. The van der Waals surface area contributed by atoms with Gasteiger partial charge in [-0.15, -0.1) is 0 Å². The van der Waals surface area contributed by atoms with Crippen LogP contribution in [0, 0.1) is 13.8 Å². The standard InChI is InChI=1S/C42H47N11O3/c1-26-6-4-7-27(2)37(26)46-38-34-22-44-42(47-39(34)49(3)48-38)45-31-10-9-28-13-15-52(23-29(28)20-31)36(54)25-50-16-18-51(19-17-50)32-11-12-33-30(21-32)24-53(41(33)56)35-8-5-14-43-40(35)55/h4,6-7,9-12,20-22,35H,5,8,13-19,23-25H2,1-3H3,(H,43,55)(H,46,48)(H,44,45,47). The highest BCUT2D eigenvalue weighted by Gasteiger charge is 2.38. The number of benzene rings is 3. The molecule has 1 atom stereocenters. The van der Waals surface area contributed by atoms with Crippen molar-refractivity contribution >= 4 is 57.6 Å². The third-order valence-electron chi connectivity index (χ3n) is 11.8. The molecule has 6 heterocycles. The summed E-state index contributed by atoms with van der Waals surface area (Å²) in [6.45, 7) is 10.1. The molecule has 288 valence electrons. The Morgan fingerprint density at radius 1 is 0.911 bits per heavy atom. The summed E-state index contributed by atoms with van der Waals surface area (Å²) >= 11 is 0. The van der Waals surface area contributed by atoms with Gasteiger partial charge in [-0.2, -0.15) is 10.1 Å². The Labute approximate surface area is 325 Å². The minimum atomic E-state index is -0.393. The number of nitrogens with one attached hydrogen (secondary N) is 3. The molecule has 9 rings (SSSR count). The molecule has 4 aliphatic heterocycles. The first-order valence-electron chi connectivity index (χ1n) is 19.6. The molecular formula is C42H47N11O3. The molecule has 0 saturated carbocycles. The summed E-state index contributed by atoms with van der Waals surface area (Å²) in [5, 5.41) is 15.3. The van der Waals surface area contributed by atoms with E-state index in [-0.39, 0.29) is 17.7 Å². The third-order valence-corrected chi connectivity index (χ3v) is 11.8. The second-order valence-electron chi connectivity index (χ2n) is 15.5. The van der Waals surface area contributed by atoms with Crippen LogP contribution in [0.25, 0.3) is 11.0 Å². The number of nitrogens with zero attached hydrogens (tertiary/aromatic N) is 8. The van der Waals surface area contributed by atoms with Gasteiger partial charge in [-0.3, -0.25) is 19.3 Å². The fourth-order valence-electron chi connectivity index (χ4n) is 8.58. The van der Waals surface area contributed by atoms with Gasteiger partial charge in [-0.05, 0) is 91.3 Å². The van der Waals surface area contributed by atoms with E-state index in [0.29, 0.717) is 62.1 Å². The molecule has 1 unspecified atom stereocenters. The molecule has 2 saturated heterocycles. The average molecular weight is 754 g/mol. The molecular weight excluding hydrogens is 707 g/mol. The molecule has 14 heteroatoms. The average Bonchev–Trinajstić information content (AvgIpc) is 3.70. The summed E-state index contributed by atoms with van der Waals surface area (Å²) in [6.07, 6.45) is 4.20. The molecule has 3 N–H and O–H groups in total. The van der Waals surface area contributed by atoms with Gasteiger partial charge in [0.1, 0.15) is 6.04 Å². The van der Waals surface area contributed by atoms with Crippen molar-refractivity contribution in [2.45, 2.75) is 52.2 Å². The molecule has 56 heavy (non-hydrogen) atoms. The number of carbonyl (C=O) groups excluding carboxylic acids is 3. The molecule has 0 bridgehead atoms. The number of aromatic nitrogens is 4. The SMILES string of the molecule is Cc1cccc(C)c1Nc1nn(C)c2nc(Nc3ccc4c(c3)CN(C(=O)CN3CCN(c5ccc6c(c5)CN(C5CCCNC5=O)C6=O)CC3)CC4)ncc12. The second kappa shape index (κ2) is 14.6. The number of piperazine rings is 1.